The minimum atomic E-state index is -0.417. The van der Waals surface area contributed by atoms with Gasteiger partial charge in [-0.05, 0) is 47.6 Å². The lowest BCUT2D eigenvalue weighted by atomic mass is 9.93. The number of nitriles is 1. The third kappa shape index (κ3) is 4.48. The van der Waals surface area contributed by atoms with Crippen LogP contribution in [-0.2, 0) is 0 Å². The second-order valence-electron chi connectivity index (χ2n) is 5.66. The number of halogens is 2. The van der Waals surface area contributed by atoms with Crippen LogP contribution >= 0.6 is 15.9 Å². The normalized spacial score (nSPS) is 11.5. The minimum absolute atomic E-state index is 0.0241. The van der Waals surface area contributed by atoms with E-state index in [9.17, 15) is 4.39 Å². The molecular weight excluding hydrogens is 309 g/mol. The van der Waals surface area contributed by atoms with Crippen molar-refractivity contribution in [3.63, 3.8) is 0 Å². The SMILES string of the molecule is CN(C)CC(C)(C)CNc1ccc(C#N)c(Br)c1F. The first-order valence-electron chi connectivity index (χ1n) is 6.03. The number of benzene rings is 1. The lowest BCUT2D eigenvalue weighted by Crippen LogP contribution is -2.34. The largest absolute Gasteiger partial charge is 0.382 e. The summed E-state index contributed by atoms with van der Waals surface area (Å²) in [6.07, 6.45) is 0. The maximum atomic E-state index is 14.0. The smallest absolute Gasteiger partial charge is 0.161 e. The van der Waals surface area contributed by atoms with Crippen molar-refractivity contribution in [1.29, 1.82) is 5.26 Å². The molecule has 0 saturated carbocycles. The van der Waals surface area contributed by atoms with Crippen molar-refractivity contribution >= 4 is 21.6 Å². The Morgan fingerprint density at radius 3 is 2.58 bits per heavy atom. The highest BCUT2D eigenvalue weighted by Gasteiger charge is 2.20. The van der Waals surface area contributed by atoms with Gasteiger partial charge >= 0.3 is 0 Å². The first kappa shape index (κ1) is 15.9. The molecule has 0 unspecified atom stereocenters. The number of hydrogen-bond donors (Lipinski definition) is 1. The van der Waals surface area contributed by atoms with Crippen molar-refractivity contribution in [3.8, 4) is 6.07 Å². The molecule has 0 bridgehead atoms. The molecule has 0 amide bonds. The Bertz CT molecular complexity index is 492. The van der Waals surface area contributed by atoms with E-state index in [0.717, 1.165) is 6.54 Å². The average molecular weight is 328 g/mol. The predicted molar refractivity (Wildman–Crippen MR) is 79.6 cm³/mol. The molecule has 1 N–H and O–H groups in total. The molecular formula is C14H19BrFN3. The third-order valence-corrected chi connectivity index (χ3v) is 3.48. The van der Waals surface area contributed by atoms with Crippen LogP contribution in [0.4, 0.5) is 10.1 Å². The van der Waals surface area contributed by atoms with Crippen molar-refractivity contribution in [3.05, 3.63) is 28.0 Å². The van der Waals surface area contributed by atoms with Crippen LogP contribution in [0.25, 0.3) is 0 Å². The van der Waals surface area contributed by atoms with Gasteiger partial charge in [-0.1, -0.05) is 13.8 Å². The predicted octanol–water partition coefficient (Wildman–Crippen LogP) is 3.46. The van der Waals surface area contributed by atoms with Crippen molar-refractivity contribution in [2.24, 2.45) is 5.41 Å². The zero-order chi connectivity index (χ0) is 14.6. The Morgan fingerprint density at radius 2 is 2.05 bits per heavy atom. The first-order valence-corrected chi connectivity index (χ1v) is 6.83. The monoisotopic (exact) mass is 327 g/mol. The first-order chi connectivity index (χ1) is 8.76. The fraction of sp³-hybridized carbons (Fsp3) is 0.500. The van der Waals surface area contributed by atoms with E-state index in [2.05, 4.69) is 40.0 Å². The molecule has 0 heterocycles. The summed E-state index contributed by atoms with van der Waals surface area (Å²) in [5.41, 5.74) is 0.740. The Balaban J connectivity index is 2.80. The summed E-state index contributed by atoms with van der Waals surface area (Å²) in [4.78, 5) is 2.10. The van der Waals surface area contributed by atoms with E-state index in [4.69, 9.17) is 5.26 Å². The summed E-state index contributed by atoms with van der Waals surface area (Å²) < 4.78 is 14.2. The van der Waals surface area contributed by atoms with Crippen molar-refractivity contribution in [1.82, 2.24) is 4.90 Å². The number of anilines is 1. The van der Waals surface area contributed by atoms with Crippen LogP contribution in [0.5, 0.6) is 0 Å². The van der Waals surface area contributed by atoms with Crippen molar-refractivity contribution in [2.75, 3.05) is 32.5 Å². The van der Waals surface area contributed by atoms with E-state index >= 15 is 0 Å². The number of nitrogens with one attached hydrogen (secondary N) is 1. The van der Waals surface area contributed by atoms with Crippen LogP contribution in [0.15, 0.2) is 16.6 Å². The van der Waals surface area contributed by atoms with Gasteiger partial charge in [0.05, 0.1) is 15.7 Å². The molecule has 1 rings (SSSR count). The van der Waals surface area contributed by atoms with Crippen LogP contribution in [-0.4, -0.2) is 32.1 Å². The highest BCUT2D eigenvalue weighted by Crippen LogP contribution is 2.27. The molecule has 0 aliphatic carbocycles. The zero-order valence-corrected chi connectivity index (χ0v) is 13.3. The molecule has 5 heteroatoms. The number of rotatable bonds is 5. The quantitative estimate of drug-likeness (QED) is 0.900. The van der Waals surface area contributed by atoms with Crippen LogP contribution < -0.4 is 5.32 Å². The van der Waals surface area contributed by atoms with Gasteiger partial charge in [-0.3, -0.25) is 0 Å². The topological polar surface area (TPSA) is 39.1 Å². The molecule has 0 aromatic heterocycles. The van der Waals surface area contributed by atoms with E-state index < -0.39 is 5.82 Å². The maximum absolute atomic E-state index is 14.0. The fourth-order valence-electron chi connectivity index (χ4n) is 2.02. The van der Waals surface area contributed by atoms with Crippen LogP contribution in [0.2, 0.25) is 0 Å². The molecule has 0 aliphatic heterocycles. The second kappa shape index (κ2) is 6.36. The van der Waals surface area contributed by atoms with Crippen LogP contribution in [0.1, 0.15) is 19.4 Å². The van der Waals surface area contributed by atoms with Gasteiger partial charge in [0.15, 0.2) is 5.82 Å². The Morgan fingerprint density at radius 1 is 1.42 bits per heavy atom. The van der Waals surface area contributed by atoms with E-state index in [1.54, 1.807) is 12.1 Å². The molecule has 0 aliphatic rings. The second-order valence-corrected chi connectivity index (χ2v) is 6.45. The van der Waals surface area contributed by atoms with E-state index in [-0.39, 0.29) is 9.89 Å². The maximum Gasteiger partial charge on any atom is 0.161 e. The molecule has 0 spiro atoms. The van der Waals surface area contributed by atoms with E-state index in [0.29, 0.717) is 17.8 Å². The molecule has 0 saturated heterocycles. The molecule has 3 nitrogen and oxygen atoms in total. The van der Waals surface area contributed by atoms with Gasteiger partial charge in [0.25, 0.3) is 0 Å². The Kier molecular flexibility index (Phi) is 5.33. The molecule has 0 radical (unpaired) electrons. The van der Waals surface area contributed by atoms with Crippen LogP contribution in [0, 0.1) is 22.6 Å². The molecule has 0 fully saturated rings. The Hall–Kier alpha value is -1.12. The molecule has 0 atom stereocenters. The number of nitrogens with zero attached hydrogens (tertiary/aromatic N) is 2. The Labute approximate surface area is 122 Å². The lowest BCUT2D eigenvalue weighted by molar-refractivity contribution is 0.254. The summed E-state index contributed by atoms with van der Waals surface area (Å²) in [5, 5.41) is 11.9. The van der Waals surface area contributed by atoms with Crippen LogP contribution in [0.3, 0.4) is 0 Å². The van der Waals surface area contributed by atoms with Gasteiger partial charge in [-0.25, -0.2) is 4.39 Å². The fourth-order valence-corrected chi connectivity index (χ4v) is 2.45. The van der Waals surface area contributed by atoms with Crippen molar-refractivity contribution in [2.45, 2.75) is 13.8 Å². The summed E-state index contributed by atoms with van der Waals surface area (Å²) in [7, 11) is 4.03. The molecule has 104 valence electrons. The lowest BCUT2D eigenvalue weighted by Gasteiger charge is -2.29. The zero-order valence-electron chi connectivity index (χ0n) is 11.7. The van der Waals surface area contributed by atoms with Gasteiger partial charge in [-0.2, -0.15) is 5.26 Å². The van der Waals surface area contributed by atoms with Gasteiger partial charge in [0, 0.05) is 13.1 Å². The average Bonchev–Trinajstić information content (AvgIpc) is 2.29. The van der Waals surface area contributed by atoms with Gasteiger partial charge in [0.1, 0.15) is 6.07 Å². The minimum Gasteiger partial charge on any atom is -0.382 e. The molecule has 1 aromatic carbocycles. The van der Waals surface area contributed by atoms with E-state index in [1.165, 1.54) is 0 Å². The number of hydrogen-bond acceptors (Lipinski definition) is 3. The summed E-state index contributed by atoms with van der Waals surface area (Å²) in [6, 6.07) is 5.15. The third-order valence-electron chi connectivity index (χ3n) is 2.70. The highest BCUT2D eigenvalue weighted by atomic mass is 79.9. The summed E-state index contributed by atoms with van der Waals surface area (Å²) in [6.45, 7) is 5.80. The highest BCUT2D eigenvalue weighted by molar-refractivity contribution is 9.10. The van der Waals surface area contributed by atoms with Crippen molar-refractivity contribution < 1.29 is 4.39 Å². The molecule has 1 aromatic rings. The van der Waals surface area contributed by atoms with Gasteiger partial charge in [0.2, 0.25) is 0 Å². The molecule has 19 heavy (non-hydrogen) atoms. The van der Waals surface area contributed by atoms with Gasteiger partial charge in [-0.15, -0.1) is 0 Å². The summed E-state index contributed by atoms with van der Waals surface area (Å²) in [5.74, 6) is -0.417. The standard InChI is InChI=1S/C14H19BrFN3/c1-14(2,9-19(3)4)8-18-11-6-5-10(7-17)12(15)13(11)16/h5-6,18H,8-9H2,1-4H3. The summed E-state index contributed by atoms with van der Waals surface area (Å²) >= 11 is 3.11. The van der Waals surface area contributed by atoms with Gasteiger partial charge < -0.3 is 10.2 Å². The van der Waals surface area contributed by atoms with E-state index in [1.807, 2.05) is 20.2 Å².